The highest BCUT2D eigenvalue weighted by Gasteiger charge is 2.20. The Morgan fingerprint density at radius 3 is 0.857 bits per heavy atom. The molecule has 0 amide bonds. The van der Waals surface area contributed by atoms with Crippen LogP contribution >= 0.6 is 0 Å². The summed E-state index contributed by atoms with van der Waals surface area (Å²) in [7, 11) is 0. The van der Waals surface area contributed by atoms with Crippen LogP contribution < -0.4 is 0 Å². The molecule has 56 heavy (non-hydrogen) atoms. The van der Waals surface area contributed by atoms with Gasteiger partial charge in [0.05, 0.1) is 22.8 Å². The fraction of sp³-hybridized carbons (Fsp3) is 0.304. The summed E-state index contributed by atoms with van der Waals surface area (Å²) < 4.78 is 0. The molecule has 2 N–H and O–H groups in total. The Morgan fingerprint density at radius 2 is 0.625 bits per heavy atom. The van der Waals surface area contributed by atoms with Crippen molar-refractivity contribution >= 4 is 0 Å². The number of nitrogens with zero attached hydrogens (tertiary/aromatic N) is 8. The first-order valence-electron chi connectivity index (χ1n) is 19.6. The molecule has 4 bridgehead atoms. The van der Waals surface area contributed by atoms with Crippen molar-refractivity contribution in [3.05, 3.63) is 179 Å². The van der Waals surface area contributed by atoms with Gasteiger partial charge in [-0.15, -0.1) is 0 Å². The summed E-state index contributed by atoms with van der Waals surface area (Å²) in [6.07, 6.45) is 9.09. The van der Waals surface area contributed by atoms with E-state index in [2.05, 4.69) is 75.9 Å². The van der Waals surface area contributed by atoms with Gasteiger partial charge in [-0.05, 0) is 61.4 Å². The average molecular weight is 749 g/mol. The highest BCUT2D eigenvalue weighted by molar-refractivity contribution is 5.41. The number of aromatic nitrogens is 4. The van der Waals surface area contributed by atoms with E-state index in [-0.39, 0.29) is 0 Å². The van der Waals surface area contributed by atoms with Gasteiger partial charge in [-0.25, -0.2) is 0 Å². The van der Waals surface area contributed by atoms with Gasteiger partial charge in [0.15, 0.2) is 0 Å². The average Bonchev–Trinajstić information content (AvgIpc) is 3.22. The molecule has 6 aromatic rings. The van der Waals surface area contributed by atoms with Crippen molar-refractivity contribution in [1.29, 1.82) is 0 Å². The molecule has 0 unspecified atom stereocenters. The largest absolute Gasteiger partial charge is 0.507 e. The van der Waals surface area contributed by atoms with E-state index in [1.807, 2.05) is 97.6 Å². The summed E-state index contributed by atoms with van der Waals surface area (Å²) in [5.74, 6) is 0.697. The van der Waals surface area contributed by atoms with E-state index in [9.17, 15) is 10.2 Å². The van der Waals surface area contributed by atoms with Gasteiger partial charge in [-0.2, -0.15) is 0 Å². The topological polar surface area (TPSA) is 105 Å². The Labute approximate surface area is 330 Å². The number of benzene rings is 2. The fourth-order valence-corrected chi connectivity index (χ4v) is 7.54. The first-order valence-corrected chi connectivity index (χ1v) is 19.6. The molecule has 5 heterocycles. The van der Waals surface area contributed by atoms with E-state index in [1.165, 1.54) is 0 Å². The molecule has 1 aliphatic heterocycles. The Hall–Kier alpha value is -5.52. The molecule has 4 aromatic heterocycles. The SMILES string of the molecule is Oc1c2cccc1CN(Cc1ccccn1)CCCN(Cc1ccccn1)Cc1cccc(c1O)CN(Cc1ccccn1)CCCN(Cc1ccccn1)C2. The Morgan fingerprint density at radius 1 is 0.357 bits per heavy atom. The van der Waals surface area contributed by atoms with Gasteiger partial charge in [0, 0.05) is 126 Å². The third-order valence-corrected chi connectivity index (χ3v) is 10.3. The zero-order valence-electron chi connectivity index (χ0n) is 32.1. The monoisotopic (exact) mass is 748 g/mol. The Balaban J connectivity index is 1.21. The number of phenols is 2. The minimum Gasteiger partial charge on any atom is -0.507 e. The van der Waals surface area contributed by atoms with Crippen LogP contribution in [0.4, 0.5) is 0 Å². The Bertz CT molecular complexity index is 1780. The Kier molecular flexibility index (Phi) is 13.8. The maximum absolute atomic E-state index is 11.9. The second-order valence-electron chi connectivity index (χ2n) is 14.7. The van der Waals surface area contributed by atoms with Crippen molar-refractivity contribution in [2.24, 2.45) is 0 Å². The van der Waals surface area contributed by atoms with Crippen LogP contribution in [0, 0.1) is 0 Å². The maximum Gasteiger partial charge on any atom is 0.124 e. The van der Waals surface area contributed by atoms with Crippen LogP contribution in [0.25, 0.3) is 0 Å². The predicted octanol–water partition coefficient (Wildman–Crippen LogP) is 7.18. The van der Waals surface area contributed by atoms with E-state index < -0.39 is 0 Å². The molecule has 2 aromatic carbocycles. The van der Waals surface area contributed by atoms with Crippen molar-refractivity contribution < 1.29 is 10.2 Å². The summed E-state index contributed by atoms with van der Waals surface area (Å²) in [5.41, 5.74) is 7.56. The van der Waals surface area contributed by atoms with Crippen LogP contribution in [-0.2, 0) is 52.4 Å². The van der Waals surface area contributed by atoms with Gasteiger partial charge in [0.25, 0.3) is 0 Å². The number of hydrogen-bond acceptors (Lipinski definition) is 10. The molecule has 0 radical (unpaired) electrons. The van der Waals surface area contributed by atoms with Crippen LogP contribution in [-0.4, -0.2) is 75.9 Å². The molecule has 0 aliphatic carbocycles. The van der Waals surface area contributed by atoms with Crippen molar-refractivity contribution in [3.8, 4) is 11.5 Å². The van der Waals surface area contributed by atoms with Crippen LogP contribution in [0.5, 0.6) is 11.5 Å². The molecule has 1 aliphatic rings. The number of aromatic hydroxyl groups is 2. The van der Waals surface area contributed by atoms with Gasteiger partial charge in [-0.1, -0.05) is 60.7 Å². The third kappa shape index (κ3) is 11.3. The maximum atomic E-state index is 11.9. The number of pyridine rings is 4. The third-order valence-electron chi connectivity index (χ3n) is 10.3. The second-order valence-corrected chi connectivity index (χ2v) is 14.7. The molecule has 7 rings (SSSR count). The van der Waals surface area contributed by atoms with E-state index in [4.69, 9.17) is 0 Å². The van der Waals surface area contributed by atoms with Gasteiger partial charge < -0.3 is 10.2 Å². The molecule has 0 saturated heterocycles. The van der Waals surface area contributed by atoms with Crippen molar-refractivity contribution in [2.75, 3.05) is 26.2 Å². The number of fused-ring (bicyclic) bond motifs is 4. The molecule has 288 valence electrons. The van der Waals surface area contributed by atoms with Crippen molar-refractivity contribution in [1.82, 2.24) is 39.5 Å². The summed E-state index contributed by atoms with van der Waals surface area (Å²) in [5, 5.41) is 23.7. The van der Waals surface area contributed by atoms with E-state index in [0.29, 0.717) is 63.9 Å². The van der Waals surface area contributed by atoms with Crippen molar-refractivity contribution in [3.63, 3.8) is 0 Å². The lowest BCUT2D eigenvalue weighted by Gasteiger charge is -2.28. The molecular formula is C46H52N8O2. The van der Waals surface area contributed by atoms with Crippen LogP contribution in [0.3, 0.4) is 0 Å². The zero-order valence-corrected chi connectivity index (χ0v) is 32.1. The number of hydrogen-bond donors (Lipinski definition) is 2. The molecule has 0 saturated carbocycles. The van der Waals surface area contributed by atoms with Gasteiger partial charge in [-0.3, -0.25) is 39.5 Å². The second kappa shape index (κ2) is 19.9. The minimum atomic E-state index is 0.349. The lowest BCUT2D eigenvalue weighted by Crippen LogP contribution is -2.31. The summed E-state index contributed by atoms with van der Waals surface area (Å²) in [6.45, 7) is 8.15. The molecular weight excluding hydrogens is 697 g/mol. The number of para-hydroxylation sites is 2. The van der Waals surface area contributed by atoms with Gasteiger partial charge >= 0.3 is 0 Å². The van der Waals surface area contributed by atoms with E-state index >= 15 is 0 Å². The summed E-state index contributed by atoms with van der Waals surface area (Å²) >= 11 is 0. The molecule has 0 fully saturated rings. The highest BCUT2D eigenvalue weighted by atomic mass is 16.3. The summed E-state index contributed by atoms with van der Waals surface area (Å²) in [6, 6.07) is 36.4. The normalized spacial score (nSPS) is 16.0. The standard InChI is InChI=1S/C46H52N8O2/c55-45-37-13-9-14-38(45)30-53(35-43-19-3-7-23-49-43)27-12-28-54(36-44-20-4-8-24-50-44)32-40-16-10-15-39(46(40)56)31-52(34-42-18-2-6-22-48-42)26-11-25-51(29-37)33-41-17-1-5-21-47-41/h1-10,13-24,55-56H,11-12,25-36H2. The molecule has 0 spiro atoms. The lowest BCUT2D eigenvalue weighted by molar-refractivity contribution is 0.197. The van der Waals surface area contributed by atoms with E-state index in [0.717, 1.165) is 84.1 Å². The highest BCUT2D eigenvalue weighted by Crippen LogP contribution is 2.29. The molecule has 10 heteroatoms. The smallest absolute Gasteiger partial charge is 0.124 e. The first-order chi connectivity index (χ1) is 27.6. The first kappa shape index (κ1) is 38.7. The minimum absolute atomic E-state index is 0.349. The number of rotatable bonds is 8. The molecule has 10 nitrogen and oxygen atoms in total. The fourth-order valence-electron chi connectivity index (χ4n) is 7.54. The quantitative estimate of drug-likeness (QED) is 0.166. The van der Waals surface area contributed by atoms with Crippen LogP contribution in [0.1, 0.15) is 57.9 Å². The summed E-state index contributed by atoms with van der Waals surface area (Å²) in [4.78, 5) is 28.1. The van der Waals surface area contributed by atoms with Gasteiger partial charge in [0.2, 0.25) is 0 Å². The van der Waals surface area contributed by atoms with E-state index in [1.54, 1.807) is 0 Å². The molecule has 0 atom stereocenters. The predicted molar refractivity (Wildman–Crippen MR) is 219 cm³/mol. The van der Waals surface area contributed by atoms with Crippen LogP contribution in [0.15, 0.2) is 134 Å². The van der Waals surface area contributed by atoms with Crippen molar-refractivity contribution in [2.45, 2.75) is 65.2 Å². The number of phenolic OH excluding ortho intramolecular Hbond substituents is 2. The van der Waals surface area contributed by atoms with Crippen LogP contribution in [0.2, 0.25) is 0 Å². The van der Waals surface area contributed by atoms with Gasteiger partial charge in [0.1, 0.15) is 11.5 Å². The zero-order chi connectivity index (χ0) is 38.4. The lowest BCUT2D eigenvalue weighted by atomic mass is 10.1.